The van der Waals surface area contributed by atoms with Crippen LogP contribution < -0.4 is 0 Å². The van der Waals surface area contributed by atoms with Gasteiger partial charge in [-0.15, -0.1) is 0 Å². The normalized spacial score (nSPS) is 28.1. The third-order valence-electron chi connectivity index (χ3n) is 7.16. The zero-order valence-corrected chi connectivity index (χ0v) is 20.5. The smallest absolute Gasteiger partial charge is 0.300 e. The lowest BCUT2D eigenvalue weighted by molar-refractivity contribution is -0.135. The minimum absolute atomic E-state index is 0.0697. The fraction of sp³-hybridized carbons (Fsp3) is 0.640. The molecule has 2 fully saturated rings. The Hall–Kier alpha value is -2.81. The van der Waals surface area contributed by atoms with Crippen LogP contribution in [0.15, 0.2) is 6.07 Å². The van der Waals surface area contributed by atoms with Crippen molar-refractivity contribution in [3.05, 3.63) is 22.8 Å². The van der Waals surface area contributed by atoms with E-state index in [0.29, 0.717) is 29.1 Å². The molecule has 3 aliphatic carbocycles. The van der Waals surface area contributed by atoms with E-state index in [2.05, 4.69) is 6.92 Å². The molecule has 5 atom stereocenters. The maximum absolute atomic E-state index is 10.6. The summed E-state index contributed by atoms with van der Waals surface area (Å²) in [6.45, 7) is 7.31. The highest BCUT2D eigenvalue weighted by atomic mass is 16.4. The Kier molecular flexibility index (Phi) is 10.4. The fourth-order valence-electron chi connectivity index (χ4n) is 5.79. The lowest BCUT2D eigenvalue weighted by atomic mass is 9.55. The van der Waals surface area contributed by atoms with Gasteiger partial charge in [-0.3, -0.25) is 14.4 Å². The van der Waals surface area contributed by atoms with Crippen molar-refractivity contribution in [3.63, 3.8) is 0 Å². The highest BCUT2D eigenvalue weighted by molar-refractivity contribution is 5.63. The average Bonchev–Trinajstić information content (AvgIpc) is 2.99. The van der Waals surface area contributed by atoms with E-state index in [9.17, 15) is 15.3 Å². The van der Waals surface area contributed by atoms with Crippen LogP contribution in [-0.4, -0.2) is 54.7 Å². The number of hydrogen-bond acceptors (Lipinski definition) is 6. The van der Waals surface area contributed by atoms with Crippen LogP contribution in [0.4, 0.5) is 0 Å². The second-order valence-corrected chi connectivity index (χ2v) is 9.55. The van der Waals surface area contributed by atoms with Gasteiger partial charge in [-0.1, -0.05) is 6.92 Å². The molecular formula is C25H38O9. The molecule has 1 aromatic rings. The van der Waals surface area contributed by atoms with E-state index in [-0.39, 0.29) is 17.3 Å². The van der Waals surface area contributed by atoms with Crippen LogP contribution >= 0.6 is 0 Å². The van der Waals surface area contributed by atoms with E-state index in [1.54, 1.807) is 6.92 Å². The number of phenolic OH excluding ortho intramolecular Hbond substituents is 2. The standard InChI is InChI=1S/C19H26O3.3C2H4O2/c1-10-15(20)9-11-3-4-12-13(17(11)18(10)22)7-8-19(2)14(12)5-6-16(19)21;3*1-2(3)4/h9,12-14,16,20-22H,3-8H2,1-2H3;3*1H3,(H,3,4)/t12-,13-,14-,16-,19-;;;/m0.../s1. The van der Waals surface area contributed by atoms with Gasteiger partial charge in [-0.2, -0.15) is 0 Å². The molecule has 9 nitrogen and oxygen atoms in total. The number of benzene rings is 1. The molecule has 2 saturated carbocycles. The minimum atomic E-state index is -0.833. The highest BCUT2D eigenvalue weighted by Gasteiger charge is 2.54. The van der Waals surface area contributed by atoms with E-state index < -0.39 is 17.9 Å². The van der Waals surface area contributed by atoms with E-state index >= 15 is 0 Å². The van der Waals surface area contributed by atoms with Gasteiger partial charge in [-0.05, 0) is 80.2 Å². The topological polar surface area (TPSA) is 173 Å². The van der Waals surface area contributed by atoms with E-state index in [1.807, 2.05) is 6.07 Å². The second kappa shape index (κ2) is 12.1. The van der Waals surface area contributed by atoms with Crippen LogP contribution in [0.1, 0.15) is 82.4 Å². The summed E-state index contributed by atoms with van der Waals surface area (Å²) in [5, 5.41) is 53.3. The first kappa shape index (κ1) is 29.2. The summed E-state index contributed by atoms with van der Waals surface area (Å²) in [7, 11) is 0. The van der Waals surface area contributed by atoms with Gasteiger partial charge in [0.25, 0.3) is 17.9 Å². The molecule has 0 aromatic heterocycles. The quantitative estimate of drug-likeness (QED) is 0.320. The number of hydrogen-bond donors (Lipinski definition) is 6. The summed E-state index contributed by atoms with van der Waals surface area (Å²) in [6, 6.07) is 1.86. The minimum Gasteiger partial charge on any atom is -0.508 e. The average molecular weight is 483 g/mol. The highest BCUT2D eigenvalue weighted by Crippen LogP contribution is 2.62. The van der Waals surface area contributed by atoms with Crippen molar-refractivity contribution < 1.29 is 45.0 Å². The van der Waals surface area contributed by atoms with E-state index in [4.69, 9.17) is 29.7 Å². The summed E-state index contributed by atoms with van der Waals surface area (Å²) in [5.74, 6) is -0.439. The Bertz CT molecular complexity index is 854. The number of rotatable bonds is 0. The largest absolute Gasteiger partial charge is 0.508 e. The molecule has 0 unspecified atom stereocenters. The molecule has 0 saturated heterocycles. The molecule has 6 N–H and O–H groups in total. The first-order valence-electron chi connectivity index (χ1n) is 11.4. The van der Waals surface area contributed by atoms with Gasteiger partial charge in [0.15, 0.2) is 0 Å². The zero-order valence-electron chi connectivity index (χ0n) is 20.5. The zero-order chi connectivity index (χ0) is 26.4. The number of aromatic hydroxyl groups is 2. The van der Waals surface area contributed by atoms with Gasteiger partial charge in [0.1, 0.15) is 11.5 Å². The number of phenols is 2. The Balaban J connectivity index is 0.000000405. The van der Waals surface area contributed by atoms with E-state index in [1.165, 1.54) is 0 Å². The number of carboxylic acids is 3. The first-order valence-corrected chi connectivity index (χ1v) is 11.4. The van der Waals surface area contributed by atoms with Gasteiger partial charge >= 0.3 is 0 Å². The molecule has 0 amide bonds. The Labute approximate surface area is 200 Å². The van der Waals surface area contributed by atoms with Crippen LogP contribution in [0, 0.1) is 24.2 Å². The number of carbonyl (C=O) groups is 3. The lowest BCUT2D eigenvalue weighted by Crippen LogP contribution is -2.43. The molecule has 0 bridgehead atoms. The predicted octanol–water partition coefficient (Wildman–Crippen LogP) is 3.90. The molecule has 34 heavy (non-hydrogen) atoms. The van der Waals surface area contributed by atoms with Gasteiger partial charge in [0, 0.05) is 31.9 Å². The molecule has 3 aliphatic rings. The van der Waals surface area contributed by atoms with Crippen molar-refractivity contribution in [2.75, 3.05) is 0 Å². The fourth-order valence-corrected chi connectivity index (χ4v) is 5.79. The maximum atomic E-state index is 10.6. The molecule has 0 heterocycles. The van der Waals surface area contributed by atoms with Gasteiger partial charge < -0.3 is 30.6 Å². The molecule has 0 radical (unpaired) electrons. The summed E-state index contributed by atoms with van der Waals surface area (Å²) in [6.07, 6.45) is 6.02. The summed E-state index contributed by atoms with van der Waals surface area (Å²) in [5.41, 5.74) is 2.90. The molecule has 4 rings (SSSR count). The third-order valence-corrected chi connectivity index (χ3v) is 7.16. The van der Waals surface area contributed by atoms with Crippen molar-refractivity contribution in [2.45, 2.75) is 85.2 Å². The molecule has 1 aromatic carbocycles. The number of fused-ring (bicyclic) bond motifs is 5. The molecule has 9 heteroatoms. The van der Waals surface area contributed by atoms with Gasteiger partial charge in [0.05, 0.1) is 6.10 Å². The van der Waals surface area contributed by atoms with Crippen LogP contribution in [0.2, 0.25) is 0 Å². The van der Waals surface area contributed by atoms with Crippen LogP contribution in [0.3, 0.4) is 0 Å². The molecule has 192 valence electrons. The SMILES string of the molecule is CC(=O)O.CC(=O)O.CC(=O)O.Cc1c(O)cc2c(c1O)[C@H]1CC[C@]3(C)[C@@H](O)CC[C@H]3[C@H]1CC2. The van der Waals surface area contributed by atoms with Gasteiger partial charge in [0.2, 0.25) is 0 Å². The summed E-state index contributed by atoms with van der Waals surface area (Å²) >= 11 is 0. The Morgan fingerprint density at radius 3 is 1.91 bits per heavy atom. The maximum Gasteiger partial charge on any atom is 0.300 e. The van der Waals surface area contributed by atoms with Crippen molar-refractivity contribution in [3.8, 4) is 11.5 Å². The molecule has 0 aliphatic heterocycles. The predicted molar refractivity (Wildman–Crippen MR) is 125 cm³/mol. The molecular weight excluding hydrogens is 444 g/mol. The number of aliphatic carboxylic acids is 3. The van der Waals surface area contributed by atoms with Crippen molar-refractivity contribution in [1.82, 2.24) is 0 Å². The van der Waals surface area contributed by atoms with Gasteiger partial charge in [-0.25, -0.2) is 0 Å². The second-order valence-electron chi connectivity index (χ2n) is 9.55. The van der Waals surface area contributed by atoms with Crippen molar-refractivity contribution in [2.24, 2.45) is 17.3 Å². The van der Waals surface area contributed by atoms with Crippen LogP contribution in [0.25, 0.3) is 0 Å². The van der Waals surface area contributed by atoms with Crippen LogP contribution in [-0.2, 0) is 20.8 Å². The number of aliphatic hydroxyl groups is 1. The summed E-state index contributed by atoms with van der Waals surface area (Å²) in [4.78, 5) is 27.0. The van der Waals surface area contributed by atoms with Crippen LogP contribution in [0.5, 0.6) is 11.5 Å². The monoisotopic (exact) mass is 482 g/mol. The number of carboxylic acid groups (broad SMARTS) is 3. The number of aliphatic hydroxyl groups excluding tert-OH is 1. The summed E-state index contributed by atoms with van der Waals surface area (Å²) < 4.78 is 0. The first-order chi connectivity index (χ1) is 15.6. The Morgan fingerprint density at radius 2 is 1.41 bits per heavy atom. The molecule has 0 spiro atoms. The Morgan fingerprint density at radius 1 is 0.912 bits per heavy atom. The van der Waals surface area contributed by atoms with E-state index in [0.717, 1.165) is 70.4 Å². The van der Waals surface area contributed by atoms with Crippen molar-refractivity contribution in [1.29, 1.82) is 0 Å². The third kappa shape index (κ3) is 7.09. The number of aryl methyl sites for hydroxylation is 1. The van der Waals surface area contributed by atoms with Crippen molar-refractivity contribution >= 4 is 17.9 Å². The lowest BCUT2D eigenvalue weighted by Gasteiger charge is -2.50.